The van der Waals surface area contributed by atoms with Gasteiger partial charge in [-0.1, -0.05) is 44.2 Å². The number of carbonyl (C=O) groups is 1. The molecule has 0 amide bonds. The van der Waals surface area contributed by atoms with Gasteiger partial charge in [-0.15, -0.1) is 0 Å². The van der Waals surface area contributed by atoms with Gasteiger partial charge < -0.3 is 31.9 Å². The molecule has 0 saturated heterocycles. The Bertz CT molecular complexity index is 1100. The number of anilines is 2. The molecule has 0 atom stereocenters. The van der Waals surface area contributed by atoms with Crippen molar-refractivity contribution in [2.45, 2.75) is 46.5 Å². The van der Waals surface area contributed by atoms with E-state index >= 15 is 0 Å². The average Bonchev–Trinajstić information content (AvgIpc) is 2.98. The van der Waals surface area contributed by atoms with E-state index < -0.39 is 0 Å². The number of nitrogens with two attached hydrogens (primary N) is 2. The van der Waals surface area contributed by atoms with Crippen molar-refractivity contribution in [3.63, 3.8) is 0 Å². The number of nitrogen functional groups attached to an aromatic ring is 1. The summed E-state index contributed by atoms with van der Waals surface area (Å²) in [5, 5.41) is 17.2. The standard InChI is InChI=1S/C18H25NO2.C7H10N4O.C2H6N2.C2H6/c1-19-12-5-4-7-15-10-11-18(21-14-6-13-20)17-9-3-2-8-16(15)17;1-4-6(8)11-7(9-2)5(3-12)10-4;1-4-2-3;1-2/h2-3,8-11,19-20H,4-7,12-14H2,1H3;3H,1-2H3,(H3,8,9,11);2H,1H3,(H2,3,4);1-2H3. The Morgan fingerprint density at radius 2 is 1.72 bits per heavy atom. The molecule has 3 rings (SSSR count). The Balaban J connectivity index is 0.000000676. The van der Waals surface area contributed by atoms with Crippen molar-refractivity contribution < 1.29 is 14.6 Å². The van der Waals surface area contributed by atoms with E-state index in [1.165, 1.54) is 35.5 Å². The van der Waals surface area contributed by atoms with Gasteiger partial charge in [0, 0.05) is 32.5 Å². The minimum Gasteiger partial charge on any atom is -0.493 e. The number of hydrogen-bond acceptors (Lipinski definition) is 9. The summed E-state index contributed by atoms with van der Waals surface area (Å²) in [6.45, 7) is 7.50. The number of ether oxygens (including phenoxy) is 1. The van der Waals surface area contributed by atoms with Crippen LogP contribution in [0.2, 0.25) is 0 Å². The first-order chi connectivity index (χ1) is 19.0. The van der Waals surface area contributed by atoms with Crippen LogP contribution >= 0.6 is 0 Å². The largest absolute Gasteiger partial charge is 0.493 e. The summed E-state index contributed by atoms with van der Waals surface area (Å²) in [5.41, 5.74) is 12.5. The van der Waals surface area contributed by atoms with Crippen LogP contribution in [-0.4, -0.2) is 68.6 Å². The topological polar surface area (TPSA) is 161 Å². The van der Waals surface area contributed by atoms with Crippen molar-refractivity contribution in [1.29, 1.82) is 0 Å². The molecule has 1 aromatic heterocycles. The third-order valence-corrected chi connectivity index (χ3v) is 5.29. The van der Waals surface area contributed by atoms with Crippen molar-refractivity contribution in [3.8, 4) is 5.75 Å². The van der Waals surface area contributed by atoms with Gasteiger partial charge in [-0.3, -0.25) is 9.79 Å². The molecular weight excluding hydrogens is 494 g/mol. The minimum absolute atomic E-state index is 0.168. The Morgan fingerprint density at radius 3 is 2.28 bits per heavy atom. The summed E-state index contributed by atoms with van der Waals surface area (Å²) < 4.78 is 5.79. The van der Waals surface area contributed by atoms with E-state index in [-0.39, 0.29) is 12.3 Å². The fourth-order valence-electron chi connectivity index (χ4n) is 3.36. The molecule has 3 aromatic rings. The molecule has 0 fully saturated rings. The van der Waals surface area contributed by atoms with Gasteiger partial charge in [0.05, 0.1) is 18.6 Å². The maximum Gasteiger partial charge on any atom is 0.172 e. The number of nitrogens with one attached hydrogen (secondary N) is 2. The Morgan fingerprint density at radius 1 is 1.05 bits per heavy atom. The zero-order chi connectivity index (χ0) is 29.5. The third kappa shape index (κ3) is 13.0. The SMILES string of the molecule is CC.CN=CN.CNCCCCc1ccc(OCCCO)c2ccccc12.CNc1nc(N)c(C)nc1C=O. The molecule has 0 aliphatic rings. The second-order valence-corrected chi connectivity index (χ2v) is 7.96. The number of unbranched alkanes of at least 4 members (excludes halogenated alkanes) is 1. The van der Waals surface area contributed by atoms with Crippen LogP contribution in [0, 0.1) is 6.92 Å². The Kier molecular flexibility index (Phi) is 20.1. The number of aliphatic hydroxyl groups excluding tert-OH is 1. The van der Waals surface area contributed by atoms with Gasteiger partial charge in [-0.05, 0) is 56.8 Å². The Hall–Kier alpha value is -3.76. The number of benzene rings is 2. The number of aliphatic hydroxyl groups is 1. The second-order valence-electron chi connectivity index (χ2n) is 7.96. The second kappa shape index (κ2) is 22.2. The van der Waals surface area contributed by atoms with Crippen LogP contribution in [0.1, 0.15) is 54.9 Å². The lowest BCUT2D eigenvalue weighted by molar-refractivity contribution is 0.111. The molecule has 39 heavy (non-hydrogen) atoms. The molecule has 0 radical (unpaired) electrons. The van der Waals surface area contributed by atoms with Crippen molar-refractivity contribution >= 4 is 35.0 Å². The average molecular weight is 542 g/mol. The fraction of sp³-hybridized carbons (Fsp3) is 0.448. The molecule has 216 valence electrons. The lowest BCUT2D eigenvalue weighted by Crippen LogP contribution is -2.07. The van der Waals surface area contributed by atoms with Gasteiger partial charge in [0.25, 0.3) is 0 Å². The molecule has 1 heterocycles. The number of nitrogens with zero attached hydrogens (tertiary/aromatic N) is 3. The molecule has 7 N–H and O–H groups in total. The van der Waals surface area contributed by atoms with Crippen LogP contribution in [-0.2, 0) is 6.42 Å². The van der Waals surface area contributed by atoms with Crippen LogP contribution in [0.5, 0.6) is 5.75 Å². The molecule has 0 aliphatic heterocycles. The van der Waals surface area contributed by atoms with Crippen molar-refractivity contribution in [3.05, 3.63) is 53.3 Å². The van der Waals surface area contributed by atoms with E-state index in [2.05, 4.69) is 55.9 Å². The predicted octanol–water partition coefficient (Wildman–Crippen LogP) is 3.99. The molecule has 10 heteroatoms. The number of carbonyl (C=O) groups excluding carboxylic acids is 1. The van der Waals surface area contributed by atoms with Crippen LogP contribution in [0.4, 0.5) is 11.6 Å². The van der Waals surface area contributed by atoms with E-state index in [9.17, 15) is 4.79 Å². The number of aromatic nitrogens is 2. The van der Waals surface area contributed by atoms with Gasteiger partial charge in [-0.25, -0.2) is 9.97 Å². The first-order valence-corrected chi connectivity index (χ1v) is 13.3. The van der Waals surface area contributed by atoms with Crippen LogP contribution in [0.15, 0.2) is 41.4 Å². The van der Waals surface area contributed by atoms with Gasteiger partial charge in [-0.2, -0.15) is 0 Å². The smallest absolute Gasteiger partial charge is 0.172 e. The molecular formula is C29H47N7O3. The van der Waals surface area contributed by atoms with Crippen LogP contribution in [0.25, 0.3) is 10.8 Å². The first-order valence-electron chi connectivity index (χ1n) is 13.3. The number of fused-ring (bicyclic) bond motifs is 1. The first kappa shape index (κ1) is 35.2. The number of aliphatic imine (C=N–C) groups is 1. The molecule has 0 spiro atoms. The summed E-state index contributed by atoms with van der Waals surface area (Å²) in [7, 11) is 5.28. The van der Waals surface area contributed by atoms with Crippen molar-refractivity contribution in [1.82, 2.24) is 15.3 Å². The maximum atomic E-state index is 10.5. The molecule has 0 unspecified atom stereocenters. The van der Waals surface area contributed by atoms with Gasteiger partial charge >= 0.3 is 0 Å². The van der Waals surface area contributed by atoms with E-state index in [1.807, 2.05) is 27.0 Å². The highest BCUT2D eigenvalue weighted by Crippen LogP contribution is 2.29. The number of rotatable bonds is 11. The number of hydrogen-bond donors (Lipinski definition) is 5. The summed E-state index contributed by atoms with van der Waals surface area (Å²) >= 11 is 0. The highest BCUT2D eigenvalue weighted by molar-refractivity contribution is 5.91. The highest BCUT2D eigenvalue weighted by Gasteiger charge is 2.07. The van der Waals surface area contributed by atoms with Gasteiger partial charge in [0.1, 0.15) is 17.3 Å². The normalized spacial score (nSPS) is 9.92. The predicted molar refractivity (Wildman–Crippen MR) is 164 cm³/mol. The van der Waals surface area contributed by atoms with Crippen molar-refractivity contribution in [2.24, 2.45) is 10.7 Å². The van der Waals surface area contributed by atoms with E-state index in [0.717, 1.165) is 18.7 Å². The molecule has 0 bridgehead atoms. The van der Waals surface area contributed by atoms with E-state index in [0.29, 0.717) is 36.6 Å². The lowest BCUT2D eigenvalue weighted by atomic mass is 9.99. The third-order valence-electron chi connectivity index (χ3n) is 5.29. The number of aryl methyl sites for hydroxylation is 2. The quantitative estimate of drug-likeness (QED) is 0.105. The van der Waals surface area contributed by atoms with E-state index in [1.54, 1.807) is 21.0 Å². The lowest BCUT2D eigenvalue weighted by Gasteiger charge is -2.12. The molecule has 10 nitrogen and oxygen atoms in total. The zero-order valence-corrected chi connectivity index (χ0v) is 24.3. The molecule has 0 aliphatic carbocycles. The highest BCUT2D eigenvalue weighted by atomic mass is 16.5. The van der Waals surface area contributed by atoms with Gasteiger partial charge in [0.2, 0.25) is 0 Å². The van der Waals surface area contributed by atoms with Gasteiger partial charge in [0.15, 0.2) is 12.1 Å². The van der Waals surface area contributed by atoms with E-state index in [4.69, 9.17) is 21.3 Å². The zero-order valence-electron chi connectivity index (χ0n) is 24.3. The van der Waals surface area contributed by atoms with Crippen LogP contribution in [0.3, 0.4) is 0 Å². The summed E-state index contributed by atoms with van der Waals surface area (Å²) in [6.07, 6.45) is 6.04. The summed E-state index contributed by atoms with van der Waals surface area (Å²) in [4.78, 5) is 21.7. The summed E-state index contributed by atoms with van der Waals surface area (Å²) in [5.74, 6) is 1.66. The molecule has 0 saturated carbocycles. The minimum atomic E-state index is 0.168. The molecule has 2 aromatic carbocycles. The Labute approximate surface area is 233 Å². The fourth-order valence-corrected chi connectivity index (χ4v) is 3.36. The monoisotopic (exact) mass is 541 g/mol. The summed E-state index contributed by atoms with van der Waals surface area (Å²) in [6, 6.07) is 12.6. The number of aldehydes is 1. The van der Waals surface area contributed by atoms with Crippen LogP contribution < -0.4 is 26.8 Å². The van der Waals surface area contributed by atoms with Crippen molar-refractivity contribution in [2.75, 3.05) is 52.0 Å². The maximum absolute atomic E-state index is 10.5.